The van der Waals surface area contributed by atoms with E-state index in [1.807, 2.05) is 6.21 Å². The summed E-state index contributed by atoms with van der Waals surface area (Å²) in [6.07, 6.45) is 6.87. The van der Waals surface area contributed by atoms with Crippen LogP contribution in [0, 0.1) is 18.8 Å². The van der Waals surface area contributed by atoms with Gasteiger partial charge in [0.15, 0.2) is 0 Å². The molecule has 0 amide bonds. The van der Waals surface area contributed by atoms with Crippen molar-refractivity contribution in [3.05, 3.63) is 71.3 Å². The van der Waals surface area contributed by atoms with E-state index in [9.17, 15) is 0 Å². The van der Waals surface area contributed by atoms with Crippen molar-refractivity contribution < 1.29 is 0 Å². The molecule has 1 saturated carbocycles. The van der Waals surface area contributed by atoms with Crippen molar-refractivity contribution in [1.29, 1.82) is 0 Å². The SMILES string of the molecule is Cc1ccc(C=NN=C(c2ccccc2)C2CCC(C)CC2)cc1. The molecule has 2 aromatic rings. The summed E-state index contributed by atoms with van der Waals surface area (Å²) in [5.74, 6) is 1.37. The van der Waals surface area contributed by atoms with Crippen LogP contribution in [0.1, 0.15) is 49.3 Å². The number of aryl methyl sites for hydroxylation is 1. The number of rotatable bonds is 4. The fourth-order valence-electron chi connectivity index (χ4n) is 3.33. The Hall–Kier alpha value is -2.22. The van der Waals surface area contributed by atoms with Crippen LogP contribution < -0.4 is 0 Å². The van der Waals surface area contributed by atoms with Crippen molar-refractivity contribution >= 4 is 11.9 Å². The fraction of sp³-hybridized carbons (Fsp3) is 0.364. The molecule has 3 rings (SSSR count). The van der Waals surface area contributed by atoms with Crippen molar-refractivity contribution in [2.75, 3.05) is 0 Å². The van der Waals surface area contributed by atoms with Crippen LogP contribution in [0.15, 0.2) is 64.8 Å². The monoisotopic (exact) mass is 318 g/mol. The Morgan fingerprint density at radius 2 is 1.58 bits per heavy atom. The van der Waals surface area contributed by atoms with Crippen LogP contribution in [-0.4, -0.2) is 11.9 Å². The molecule has 1 fully saturated rings. The van der Waals surface area contributed by atoms with Gasteiger partial charge in [-0.2, -0.15) is 10.2 Å². The lowest BCUT2D eigenvalue weighted by atomic mass is 9.79. The fourth-order valence-corrected chi connectivity index (χ4v) is 3.33. The third-order valence-corrected chi connectivity index (χ3v) is 4.92. The first-order valence-corrected chi connectivity index (χ1v) is 8.95. The van der Waals surface area contributed by atoms with Gasteiger partial charge in [-0.3, -0.25) is 0 Å². The summed E-state index contributed by atoms with van der Waals surface area (Å²) in [6, 6.07) is 18.9. The van der Waals surface area contributed by atoms with E-state index in [1.54, 1.807) is 0 Å². The lowest BCUT2D eigenvalue weighted by Gasteiger charge is -2.27. The average Bonchev–Trinajstić information content (AvgIpc) is 2.62. The van der Waals surface area contributed by atoms with Gasteiger partial charge in [-0.15, -0.1) is 0 Å². The highest BCUT2D eigenvalue weighted by Gasteiger charge is 2.23. The molecule has 24 heavy (non-hydrogen) atoms. The molecule has 0 heterocycles. The Kier molecular flexibility index (Phi) is 5.58. The summed E-state index contributed by atoms with van der Waals surface area (Å²) in [5, 5.41) is 9.05. The van der Waals surface area contributed by atoms with Crippen molar-refractivity contribution in [2.24, 2.45) is 22.0 Å². The highest BCUT2D eigenvalue weighted by atomic mass is 15.2. The van der Waals surface area contributed by atoms with Gasteiger partial charge in [0.1, 0.15) is 0 Å². The molecule has 0 aromatic heterocycles. The second-order valence-electron chi connectivity index (χ2n) is 6.96. The molecule has 0 radical (unpaired) electrons. The molecular formula is C22H26N2. The Bertz CT molecular complexity index is 691. The average molecular weight is 318 g/mol. The van der Waals surface area contributed by atoms with E-state index in [-0.39, 0.29) is 0 Å². The summed E-state index contributed by atoms with van der Waals surface area (Å²) in [5.41, 5.74) is 4.70. The summed E-state index contributed by atoms with van der Waals surface area (Å²) in [4.78, 5) is 0. The van der Waals surface area contributed by atoms with Crippen LogP contribution in [0.5, 0.6) is 0 Å². The number of hydrogen-bond donors (Lipinski definition) is 0. The van der Waals surface area contributed by atoms with E-state index in [1.165, 1.54) is 36.8 Å². The Morgan fingerprint density at radius 3 is 2.25 bits per heavy atom. The van der Waals surface area contributed by atoms with Crippen LogP contribution in [0.25, 0.3) is 0 Å². The van der Waals surface area contributed by atoms with Crippen LogP contribution in [0.2, 0.25) is 0 Å². The Labute approximate surface area is 145 Å². The molecule has 0 bridgehead atoms. The maximum absolute atomic E-state index is 4.65. The standard InChI is InChI=1S/C22H26N2/c1-17-8-12-19(13-9-17)16-23-24-22(20-6-4-3-5-7-20)21-14-10-18(2)11-15-21/h3-9,12-13,16,18,21H,10-11,14-15H2,1-2H3. The first-order valence-electron chi connectivity index (χ1n) is 8.95. The van der Waals surface area contributed by atoms with Gasteiger partial charge < -0.3 is 0 Å². The van der Waals surface area contributed by atoms with Crippen LogP contribution >= 0.6 is 0 Å². The van der Waals surface area contributed by atoms with E-state index >= 15 is 0 Å². The van der Waals surface area contributed by atoms with Gasteiger partial charge in [0.05, 0.1) is 11.9 Å². The minimum absolute atomic E-state index is 0.527. The van der Waals surface area contributed by atoms with Gasteiger partial charge in [-0.1, -0.05) is 79.9 Å². The molecule has 0 unspecified atom stereocenters. The van der Waals surface area contributed by atoms with Gasteiger partial charge in [0.25, 0.3) is 0 Å². The smallest absolute Gasteiger partial charge is 0.0733 e. The topological polar surface area (TPSA) is 24.7 Å². The summed E-state index contributed by atoms with van der Waals surface area (Å²) >= 11 is 0. The Morgan fingerprint density at radius 1 is 0.917 bits per heavy atom. The van der Waals surface area contributed by atoms with E-state index in [4.69, 9.17) is 0 Å². The normalized spacial score (nSPS) is 22.0. The highest BCUT2D eigenvalue weighted by molar-refractivity contribution is 6.02. The summed E-state index contributed by atoms with van der Waals surface area (Å²) in [6.45, 7) is 4.45. The van der Waals surface area contributed by atoms with Gasteiger partial charge in [0.2, 0.25) is 0 Å². The van der Waals surface area contributed by atoms with Gasteiger partial charge in [-0.25, -0.2) is 0 Å². The molecule has 2 heteroatoms. The first-order chi connectivity index (χ1) is 11.7. The minimum Gasteiger partial charge on any atom is -0.158 e. The molecule has 0 N–H and O–H groups in total. The predicted molar refractivity (Wildman–Crippen MR) is 103 cm³/mol. The minimum atomic E-state index is 0.527. The maximum atomic E-state index is 4.65. The second kappa shape index (κ2) is 8.05. The zero-order valence-electron chi connectivity index (χ0n) is 14.7. The molecule has 2 aromatic carbocycles. The number of nitrogens with zero attached hydrogens (tertiary/aromatic N) is 2. The molecule has 2 nitrogen and oxygen atoms in total. The molecule has 0 spiro atoms. The molecule has 0 atom stereocenters. The molecule has 124 valence electrons. The van der Waals surface area contributed by atoms with Crippen molar-refractivity contribution in [3.8, 4) is 0 Å². The largest absolute Gasteiger partial charge is 0.158 e. The summed E-state index contributed by atoms with van der Waals surface area (Å²) < 4.78 is 0. The molecule has 0 aliphatic heterocycles. The first kappa shape index (κ1) is 16.6. The zero-order chi connectivity index (χ0) is 16.8. The van der Waals surface area contributed by atoms with E-state index in [0.29, 0.717) is 5.92 Å². The molecule has 1 aliphatic rings. The molecule has 0 saturated heterocycles. The third kappa shape index (κ3) is 4.41. The van der Waals surface area contributed by atoms with Crippen molar-refractivity contribution in [1.82, 2.24) is 0 Å². The van der Waals surface area contributed by atoms with Gasteiger partial charge in [-0.05, 0) is 36.8 Å². The van der Waals surface area contributed by atoms with Gasteiger partial charge in [0, 0.05) is 5.92 Å². The summed E-state index contributed by atoms with van der Waals surface area (Å²) in [7, 11) is 0. The predicted octanol–water partition coefficient (Wildman–Crippen LogP) is 5.64. The van der Waals surface area contributed by atoms with Crippen LogP contribution in [0.3, 0.4) is 0 Å². The highest BCUT2D eigenvalue weighted by Crippen LogP contribution is 2.31. The van der Waals surface area contributed by atoms with E-state index in [2.05, 4.69) is 78.6 Å². The van der Waals surface area contributed by atoms with Crippen molar-refractivity contribution in [2.45, 2.75) is 39.5 Å². The van der Waals surface area contributed by atoms with Crippen LogP contribution in [-0.2, 0) is 0 Å². The lowest BCUT2D eigenvalue weighted by molar-refractivity contribution is 0.344. The van der Waals surface area contributed by atoms with Crippen molar-refractivity contribution in [3.63, 3.8) is 0 Å². The third-order valence-electron chi connectivity index (χ3n) is 4.92. The Balaban J connectivity index is 1.82. The van der Waals surface area contributed by atoms with Gasteiger partial charge >= 0.3 is 0 Å². The molecular weight excluding hydrogens is 292 g/mol. The lowest BCUT2D eigenvalue weighted by Crippen LogP contribution is -2.21. The van der Waals surface area contributed by atoms with Crippen LogP contribution in [0.4, 0.5) is 0 Å². The number of benzene rings is 2. The van der Waals surface area contributed by atoms with E-state index < -0.39 is 0 Å². The zero-order valence-corrected chi connectivity index (χ0v) is 14.7. The maximum Gasteiger partial charge on any atom is 0.0733 e. The number of hydrogen-bond acceptors (Lipinski definition) is 2. The molecule has 1 aliphatic carbocycles. The van der Waals surface area contributed by atoms with E-state index in [0.717, 1.165) is 17.2 Å². The quantitative estimate of drug-likeness (QED) is 0.514. The second-order valence-corrected chi connectivity index (χ2v) is 6.96.